The van der Waals surface area contributed by atoms with E-state index in [4.69, 9.17) is 5.73 Å². The fourth-order valence-electron chi connectivity index (χ4n) is 3.47. The fourth-order valence-corrected chi connectivity index (χ4v) is 3.47. The van der Waals surface area contributed by atoms with Crippen molar-refractivity contribution >= 4 is 23.0 Å². The molecule has 3 rings (SSSR count). The van der Waals surface area contributed by atoms with Crippen LogP contribution < -0.4 is 16.0 Å². The van der Waals surface area contributed by atoms with Gasteiger partial charge in [-0.2, -0.15) is 0 Å². The number of benzene rings is 1. The quantitative estimate of drug-likeness (QED) is 0.828. The van der Waals surface area contributed by atoms with E-state index in [2.05, 4.69) is 36.3 Å². The topological polar surface area (TPSA) is 61.6 Å². The lowest BCUT2D eigenvalue weighted by Crippen LogP contribution is -2.56. The number of carbonyl (C=O) groups is 1. The van der Waals surface area contributed by atoms with Gasteiger partial charge in [0.05, 0.1) is 17.8 Å². The first-order valence-electron chi connectivity index (χ1n) is 7.52. The van der Waals surface area contributed by atoms with Crippen LogP contribution in [0.25, 0.3) is 0 Å². The third-order valence-electron chi connectivity index (χ3n) is 5.05. The molecule has 5 nitrogen and oxygen atoms in total. The molecule has 1 aromatic rings. The Labute approximate surface area is 126 Å². The summed E-state index contributed by atoms with van der Waals surface area (Å²) < 4.78 is 0. The second-order valence-corrected chi connectivity index (χ2v) is 6.62. The van der Waals surface area contributed by atoms with Gasteiger partial charge in [-0.15, -0.1) is 0 Å². The van der Waals surface area contributed by atoms with Crippen LogP contribution in [0.3, 0.4) is 0 Å². The van der Waals surface area contributed by atoms with Crippen LogP contribution >= 0.6 is 0 Å². The minimum Gasteiger partial charge on any atom is -0.397 e. The zero-order valence-corrected chi connectivity index (χ0v) is 13.1. The summed E-state index contributed by atoms with van der Waals surface area (Å²) in [6.45, 7) is 0.955. The Balaban J connectivity index is 1.84. The predicted molar refractivity (Wildman–Crippen MR) is 86.7 cm³/mol. The van der Waals surface area contributed by atoms with Gasteiger partial charge in [-0.3, -0.25) is 4.79 Å². The zero-order chi connectivity index (χ0) is 15.2. The summed E-state index contributed by atoms with van der Waals surface area (Å²) >= 11 is 0. The van der Waals surface area contributed by atoms with Gasteiger partial charge in [-0.1, -0.05) is 0 Å². The molecule has 1 fully saturated rings. The maximum Gasteiger partial charge on any atom is 0.228 e. The Bertz CT molecular complexity index is 578. The molecule has 1 saturated carbocycles. The Hall–Kier alpha value is -1.75. The highest BCUT2D eigenvalue weighted by molar-refractivity contribution is 6.00. The molecule has 1 aromatic carbocycles. The van der Waals surface area contributed by atoms with Crippen LogP contribution in [0.5, 0.6) is 0 Å². The van der Waals surface area contributed by atoms with Crippen LogP contribution in [0.4, 0.5) is 17.1 Å². The van der Waals surface area contributed by atoms with E-state index in [1.165, 1.54) is 19.3 Å². The summed E-state index contributed by atoms with van der Waals surface area (Å²) in [5.74, 6) is 0.0490. The molecule has 3 N–H and O–H groups in total. The molecule has 0 spiro atoms. The summed E-state index contributed by atoms with van der Waals surface area (Å²) in [7, 11) is 6.39. The highest BCUT2D eigenvalue weighted by Gasteiger charge is 2.40. The van der Waals surface area contributed by atoms with Crippen LogP contribution in [0, 0.1) is 0 Å². The standard InChI is InChI=1S/C16H24N4O/c1-19(2)16(5-4-6-16)10-20(3)14-9-13-11(7-12(14)17)8-15(21)18-13/h7,9H,4-6,8,10,17H2,1-3H3,(H,18,21). The van der Waals surface area contributed by atoms with Gasteiger partial charge in [0.2, 0.25) is 5.91 Å². The van der Waals surface area contributed by atoms with Crippen LogP contribution in [0.15, 0.2) is 12.1 Å². The minimum atomic E-state index is 0.0490. The van der Waals surface area contributed by atoms with Crippen LogP contribution in [0.1, 0.15) is 24.8 Å². The summed E-state index contributed by atoms with van der Waals surface area (Å²) in [6, 6.07) is 3.94. The molecule has 0 unspecified atom stereocenters. The number of fused-ring (bicyclic) bond motifs is 1. The summed E-state index contributed by atoms with van der Waals surface area (Å²) in [5.41, 5.74) is 10.1. The molecule has 5 heteroatoms. The smallest absolute Gasteiger partial charge is 0.228 e. The number of nitrogens with two attached hydrogens (primary N) is 1. The van der Waals surface area contributed by atoms with Crippen molar-refractivity contribution in [2.24, 2.45) is 0 Å². The first kappa shape index (κ1) is 14.2. The molecule has 21 heavy (non-hydrogen) atoms. The highest BCUT2D eigenvalue weighted by atomic mass is 16.1. The van der Waals surface area contributed by atoms with E-state index in [9.17, 15) is 4.79 Å². The zero-order valence-electron chi connectivity index (χ0n) is 13.1. The van der Waals surface area contributed by atoms with Gasteiger partial charge >= 0.3 is 0 Å². The number of nitrogens with zero attached hydrogens (tertiary/aromatic N) is 2. The van der Waals surface area contributed by atoms with Crippen molar-refractivity contribution in [3.8, 4) is 0 Å². The normalized spacial score (nSPS) is 19.1. The van der Waals surface area contributed by atoms with Gasteiger partial charge in [-0.05, 0) is 51.1 Å². The number of carbonyl (C=O) groups excluding carboxylic acids is 1. The molecule has 114 valence electrons. The number of rotatable bonds is 4. The molecule has 0 bridgehead atoms. The third-order valence-corrected chi connectivity index (χ3v) is 5.05. The first-order chi connectivity index (χ1) is 9.91. The molecular weight excluding hydrogens is 264 g/mol. The van der Waals surface area contributed by atoms with E-state index in [-0.39, 0.29) is 11.4 Å². The van der Waals surface area contributed by atoms with Crippen LogP contribution in [-0.2, 0) is 11.2 Å². The first-order valence-corrected chi connectivity index (χ1v) is 7.52. The molecular formula is C16H24N4O. The van der Waals surface area contributed by atoms with Gasteiger partial charge < -0.3 is 20.9 Å². The van der Waals surface area contributed by atoms with Crippen LogP contribution in [0.2, 0.25) is 0 Å². The number of nitrogen functional groups attached to an aromatic ring is 1. The Morgan fingerprint density at radius 3 is 2.57 bits per heavy atom. The van der Waals surface area contributed by atoms with E-state index < -0.39 is 0 Å². The second-order valence-electron chi connectivity index (χ2n) is 6.62. The fraction of sp³-hybridized carbons (Fsp3) is 0.562. The van der Waals surface area contributed by atoms with Gasteiger partial charge in [0.1, 0.15) is 0 Å². The van der Waals surface area contributed by atoms with Gasteiger partial charge in [0.15, 0.2) is 0 Å². The molecule has 0 radical (unpaired) electrons. The Morgan fingerprint density at radius 1 is 1.29 bits per heavy atom. The molecule has 1 aliphatic carbocycles. The SMILES string of the molecule is CN(CC1(N(C)C)CCC1)c1cc2c(cc1N)CC(=O)N2. The maximum absolute atomic E-state index is 11.5. The number of anilines is 3. The predicted octanol–water partition coefficient (Wildman–Crippen LogP) is 1.68. The average Bonchev–Trinajstić information content (AvgIpc) is 2.71. The lowest BCUT2D eigenvalue weighted by Gasteiger charge is -2.49. The van der Waals surface area contributed by atoms with Crippen molar-refractivity contribution in [3.05, 3.63) is 17.7 Å². The lowest BCUT2D eigenvalue weighted by atomic mass is 9.75. The van der Waals surface area contributed by atoms with E-state index >= 15 is 0 Å². The van der Waals surface area contributed by atoms with E-state index in [0.29, 0.717) is 6.42 Å². The van der Waals surface area contributed by atoms with Crippen molar-refractivity contribution in [2.75, 3.05) is 43.6 Å². The third kappa shape index (κ3) is 2.35. The number of amides is 1. The summed E-state index contributed by atoms with van der Waals surface area (Å²) in [4.78, 5) is 16.0. The molecule has 0 aromatic heterocycles. The van der Waals surface area contributed by atoms with Crippen molar-refractivity contribution in [1.29, 1.82) is 0 Å². The molecule has 1 aliphatic heterocycles. The van der Waals surface area contributed by atoms with Gasteiger partial charge in [0, 0.05) is 24.8 Å². The van der Waals surface area contributed by atoms with Crippen molar-refractivity contribution in [2.45, 2.75) is 31.2 Å². The number of hydrogen-bond donors (Lipinski definition) is 2. The number of nitrogens with one attached hydrogen (secondary N) is 1. The maximum atomic E-state index is 11.5. The summed E-state index contributed by atoms with van der Waals surface area (Å²) in [5, 5.41) is 2.90. The average molecular weight is 288 g/mol. The van der Waals surface area contributed by atoms with Crippen molar-refractivity contribution in [1.82, 2.24) is 4.90 Å². The minimum absolute atomic E-state index is 0.0490. The Kier molecular flexibility index (Phi) is 3.32. The molecule has 0 atom stereocenters. The monoisotopic (exact) mass is 288 g/mol. The van der Waals surface area contributed by atoms with Gasteiger partial charge in [-0.25, -0.2) is 0 Å². The number of likely N-dealkylation sites (N-methyl/N-ethyl adjacent to an activating group) is 2. The van der Waals surface area contributed by atoms with Crippen molar-refractivity contribution < 1.29 is 4.79 Å². The van der Waals surface area contributed by atoms with Gasteiger partial charge in [0.25, 0.3) is 0 Å². The highest BCUT2D eigenvalue weighted by Crippen LogP contribution is 2.39. The lowest BCUT2D eigenvalue weighted by molar-refractivity contribution is -0.115. The van der Waals surface area contributed by atoms with E-state index in [1.807, 2.05) is 12.1 Å². The van der Waals surface area contributed by atoms with Crippen LogP contribution in [-0.4, -0.2) is 44.0 Å². The summed E-state index contributed by atoms with van der Waals surface area (Å²) in [6.07, 6.45) is 4.19. The second kappa shape index (κ2) is 4.91. The largest absolute Gasteiger partial charge is 0.397 e. The van der Waals surface area contributed by atoms with E-state index in [1.54, 1.807) is 0 Å². The molecule has 1 heterocycles. The molecule has 1 amide bonds. The van der Waals surface area contributed by atoms with Crippen molar-refractivity contribution in [3.63, 3.8) is 0 Å². The Morgan fingerprint density at radius 2 is 2.00 bits per heavy atom. The molecule has 2 aliphatic rings. The molecule has 0 saturated heterocycles. The number of hydrogen-bond acceptors (Lipinski definition) is 4. The van der Waals surface area contributed by atoms with E-state index in [0.717, 1.165) is 29.2 Å².